The molecule has 0 aliphatic carbocycles. The predicted molar refractivity (Wildman–Crippen MR) is 91.8 cm³/mol. The van der Waals surface area contributed by atoms with Gasteiger partial charge in [0.2, 0.25) is 20.0 Å². The van der Waals surface area contributed by atoms with Crippen LogP contribution in [0.15, 0.2) is 58.3 Å². The summed E-state index contributed by atoms with van der Waals surface area (Å²) in [5, 5.41) is 21.8. The van der Waals surface area contributed by atoms with Gasteiger partial charge in [0.25, 0.3) is 5.91 Å². The number of anilines is 1. The van der Waals surface area contributed by atoms with Gasteiger partial charge in [0.15, 0.2) is 0 Å². The van der Waals surface area contributed by atoms with Gasteiger partial charge in [-0.15, -0.1) is 0 Å². The molecule has 2 aromatic rings. The van der Waals surface area contributed by atoms with Gasteiger partial charge >= 0.3 is 0 Å². The first-order chi connectivity index (χ1) is 12.3. The van der Waals surface area contributed by atoms with Gasteiger partial charge in [-0.3, -0.25) is 4.79 Å². The molecule has 27 heavy (non-hydrogen) atoms. The number of carboxylic acid groups (broad SMARTS) is 1. The van der Waals surface area contributed by atoms with Gasteiger partial charge in [-0.25, -0.2) is 27.1 Å². The van der Waals surface area contributed by atoms with Crippen molar-refractivity contribution in [2.24, 2.45) is 10.3 Å². The smallest absolute Gasteiger partial charge is 0.271 e. The molecule has 11 nitrogen and oxygen atoms in total. The minimum atomic E-state index is -3.81. The molecule has 0 heterocycles. The van der Waals surface area contributed by atoms with E-state index in [1.807, 2.05) is 5.32 Å². The average molecular weight is 416 g/mol. The number of carbonyl (C=O) groups excluding carboxylic acids is 2. The molecule has 0 aliphatic heterocycles. The zero-order chi connectivity index (χ0) is 20.8. The summed E-state index contributed by atoms with van der Waals surface area (Å²) in [7, 11) is -7.35. The van der Waals surface area contributed by atoms with E-state index in [9.17, 15) is 31.5 Å². The molecule has 2 rings (SSSR count). The van der Waals surface area contributed by atoms with Crippen LogP contribution in [0.3, 0.4) is 0 Å². The van der Waals surface area contributed by atoms with E-state index in [-0.39, 0.29) is 15.5 Å². The number of primary sulfonamides is 2. The first kappa shape index (κ1) is 22.2. The lowest BCUT2D eigenvalue weighted by atomic mass is 10.3. The van der Waals surface area contributed by atoms with Crippen molar-refractivity contribution in [3.63, 3.8) is 0 Å². The third kappa shape index (κ3) is 7.51. The minimum Gasteiger partial charge on any atom is -0.540 e. The lowest BCUT2D eigenvalue weighted by Gasteiger charge is -2.05. The van der Waals surface area contributed by atoms with Gasteiger partial charge < -0.3 is 21.0 Å². The van der Waals surface area contributed by atoms with E-state index in [1.54, 1.807) is 12.1 Å². The number of hydrogen-bond acceptors (Lipinski definition) is 7. The molecule has 0 atom stereocenters. The van der Waals surface area contributed by atoms with E-state index in [4.69, 9.17) is 10.3 Å². The number of quaternary nitrogens is 1. The SMILES string of the molecule is NS(=O)(=O)c1ccc(NC(=O)C(=O)[O-])cc1.NS(=O)(=O)c1ccc([NH3+])cc1. The van der Waals surface area contributed by atoms with E-state index in [2.05, 4.69) is 5.73 Å². The molecule has 2 aromatic carbocycles. The van der Waals surface area contributed by atoms with Crippen molar-refractivity contribution in [3.05, 3.63) is 48.5 Å². The molecule has 146 valence electrons. The molecule has 0 saturated carbocycles. The summed E-state index contributed by atoms with van der Waals surface area (Å²) in [6.45, 7) is 0. The van der Waals surface area contributed by atoms with E-state index in [0.717, 1.165) is 17.8 Å². The molecule has 0 fully saturated rings. The summed E-state index contributed by atoms with van der Waals surface area (Å²) in [5.41, 5.74) is 4.50. The Hall–Kier alpha value is -2.84. The Morgan fingerprint density at radius 3 is 1.52 bits per heavy atom. The monoisotopic (exact) mass is 416 g/mol. The lowest BCUT2D eigenvalue weighted by Crippen LogP contribution is -2.39. The van der Waals surface area contributed by atoms with Crippen LogP contribution in [0, 0.1) is 0 Å². The fourth-order valence-electron chi connectivity index (χ4n) is 1.59. The summed E-state index contributed by atoms with van der Waals surface area (Å²) >= 11 is 0. The van der Waals surface area contributed by atoms with Gasteiger partial charge in [0.1, 0.15) is 11.7 Å². The number of sulfonamides is 2. The third-order valence-electron chi connectivity index (χ3n) is 2.88. The van der Waals surface area contributed by atoms with Gasteiger partial charge in [0.05, 0.1) is 9.79 Å². The van der Waals surface area contributed by atoms with Crippen molar-refractivity contribution >= 4 is 43.3 Å². The maximum atomic E-state index is 10.9. The average Bonchev–Trinajstić information content (AvgIpc) is 2.54. The van der Waals surface area contributed by atoms with Crippen molar-refractivity contribution in [1.82, 2.24) is 0 Å². The van der Waals surface area contributed by atoms with Crippen LogP contribution in [0.1, 0.15) is 0 Å². The zero-order valence-corrected chi connectivity index (χ0v) is 15.3. The molecule has 0 aromatic heterocycles. The fourth-order valence-corrected chi connectivity index (χ4v) is 2.62. The van der Waals surface area contributed by atoms with Crippen LogP contribution < -0.4 is 26.4 Å². The Labute approximate surface area is 154 Å². The van der Waals surface area contributed by atoms with Crippen LogP contribution in [-0.2, 0) is 29.6 Å². The number of aliphatic carboxylic acids is 1. The van der Waals surface area contributed by atoms with Crippen molar-refractivity contribution < 1.29 is 37.3 Å². The summed E-state index contributed by atoms with van der Waals surface area (Å²) in [6, 6.07) is 10.7. The number of hydrogen-bond donors (Lipinski definition) is 4. The Kier molecular flexibility index (Phi) is 7.15. The number of carboxylic acids is 1. The molecule has 0 aliphatic rings. The van der Waals surface area contributed by atoms with E-state index < -0.39 is 31.9 Å². The fraction of sp³-hybridized carbons (Fsp3) is 0. The van der Waals surface area contributed by atoms with Crippen LogP contribution in [-0.4, -0.2) is 28.7 Å². The molecule has 1 amide bonds. The predicted octanol–water partition coefficient (Wildman–Crippen LogP) is -2.77. The van der Waals surface area contributed by atoms with E-state index >= 15 is 0 Å². The maximum absolute atomic E-state index is 10.9. The molecule has 0 unspecified atom stereocenters. The quantitative estimate of drug-likeness (QED) is 0.385. The number of nitrogens with two attached hydrogens (primary N) is 2. The number of carbonyl (C=O) groups is 2. The molecule has 13 heteroatoms. The van der Waals surface area contributed by atoms with Gasteiger partial charge in [-0.05, 0) is 36.4 Å². The normalized spacial score (nSPS) is 11.1. The second-order valence-corrected chi connectivity index (χ2v) is 8.12. The van der Waals surface area contributed by atoms with Crippen LogP contribution in [0.2, 0.25) is 0 Å². The molecular formula is C14H16N4O7S2. The largest absolute Gasteiger partial charge is 0.540 e. The topological polar surface area (TPSA) is 217 Å². The molecule has 0 spiro atoms. The molecule has 0 radical (unpaired) electrons. The first-order valence-electron chi connectivity index (χ1n) is 6.90. The van der Waals surface area contributed by atoms with Gasteiger partial charge in [-0.1, -0.05) is 0 Å². The van der Waals surface area contributed by atoms with Crippen molar-refractivity contribution in [3.8, 4) is 0 Å². The number of amides is 1. The maximum Gasteiger partial charge on any atom is 0.271 e. The first-order valence-corrected chi connectivity index (χ1v) is 10.00. The summed E-state index contributed by atoms with van der Waals surface area (Å²) in [4.78, 5) is 20.7. The molecule has 8 N–H and O–H groups in total. The molecule has 0 saturated heterocycles. The Balaban J connectivity index is 0.000000289. The van der Waals surface area contributed by atoms with E-state index in [1.165, 1.54) is 24.3 Å². The van der Waals surface area contributed by atoms with Crippen LogP contribution >= 0.6 is 0 Å². The number of nitrogens with one attached hydrogen (secondary N) is 1. The second-order valence-electron chi connectivity index (χ2n) is 5.00. The second kappa shape index (κ2) is 8.70. The van der Waals surface area contributed by atoms with Crippen molar-refractivity contribution in [2.45, 2.75) is 9.79 Å². The number of rotatable bonds is 3. The zero-order valence-electron chi connectivity index (χ0n) is 13.7. The van der Waals surface area contributed by atoms with Crippen LogP contribution in [0.4, 0.5) is 11.4 Å². The van der Waals surface area contributed by atoms with Crippen LogP contribution in [0.5, 0.6) is 0 Å². The molecular weight excluding hydrogens is 400 g/mol. The standard InChI is InChI=1S/C8H8N2O5S.C6H8N2O2S/c9-16(14,15)6-3-1-5(2-4-6)10-7(11)8(12)13;7-5-1-3-6(4-2-5)11(8,9)10/h1-4H,(H,10,11)(H,12,13)(H2,9,14,15);1-4H,7H2,(H2,8,9,10). The minimum absolute atomic E-state index is 0.116. The highest BCUT2D eigenvalue weighted by molar-refractivity contribution is 7.89. The number of benzene rings is 2. The molecule has 0 bridgehead atoms. The highest BCUT2D eigenvalue weighted by Crippen LogP contribution is 2.12. The summed E-state index contributed by atoms with van der Waals surface area (Å²) in [6.07, 6.45) is 0. The highest BCUT2D eigenvalue weighted by atomic mass is 32.2. The Morgan fingerprint density at radius 2 is 1.19 bits per heavy atom. The van der Waals surface area contributed by atoms with Crippen molar-refractivity contribution in [1.29, 1.82) is 0 Å². The van der Waals surface area contributed by atoms with E-state index in [0.29, 0.717) is 0 Å². The van der Waals surface area contributed by atoms with Crippen LogP contribution in [0.25, 0.3) is 0 Å². The van der Waals surface area contributed by atoms with Gasteiger partial charge in [-0.2, -0.15) is 0 Å². The lowest BCUT2D eigenvalue weighted by molar-refractivity contribution is -0.299. The summed E-state index contributed by atoms with van der Waals surface area (Å²) < 4.78 is 43.1. The van der Waals surface area contributed by atoms with Gasteiger partial charge in [0, 0.05) is 17.8 Å². The van der Waals surface area contributed by atoms with Crippen molar-refractivity contribution in [2.75, 3.05) is 5.32 Å². The Morgan fingerprint density at radius 1 is 0.815 bits per heavy atom. The Bertz CT molecular complexity index is 1030. The summed E-state index contributed by atoms with van der Waals surface area (Å²) in [5.74, 6) is -3.20. The highest BCUT2D eigenvalue weighted by Gasteiger charge is 2.08. The third-order valence-corrected chi connectivity index (χ3v) is 4.74.